The minimum Gasteiger partial charge on any atom is -0.491 e. The number of aryl methyl sites for hydroxylation is 1. The first kappa shape index (κ1) is 13.1. The molecule has 2 rings (SSSR count). The molecule has 0 N–H and O–H groups in total. The zero-order chi connectivity index (χ0) is 14.0. The van der Waals surface area contributed by atoms with Gasteiger partial charge in [0.25, 0.3) is 0 Å². The van der Waals surface area contributed by atoms with E-state index in [0.29, 0.717) is 29.4 Å². The van der Waals surface area contributed by atoms with Crippen LogP contribution in [0.2, 0.25) is 0 Å². The van der Waals surface area contributed by atoms with Crippen molar-refractivity contribution in [1.29, 1.82) is 5.26 Å². The zero-order valence-corrected chi connectivity index (χ0v) is 11.1. The van der Waals surface area contributed by atoms with E-state index in [1.807, 2.05) is 0 Å². The van der Waals surface area contributed by atoms with Gasteiger partial charge in [0, 0.05) is 12.6 Å². The monoisotopic (exact) mass is 259 g/mol. The van der Waals surface area contributed by atoms with Crippen LogP contribution in [0.15, 0.2) is 18.2 Å². The van der Waals surface area contributed by atoms with E-state index in [1.165, 1.54) is 6.07 Å². The molecule has 0 amide bonds. The van der Waals surface area contributed by atoms with Gasteiger partial charge in [-0.25, -0.2) is 9.37 Å². The SMILES string of the molecule is CCOc1ccc(-c2nc(C)n(C)c2C#N)cc1F. The highest BCUT2D eigenvalue weighted by atomic mass is 19.1. The number of halogens is 1. The zero-order valence-electron chi connectivity index (χ0n) is 11.1. The Morgan fingerprint density at radius 3 is 2.79 bits per heavy atom. The predicted octanol–water partition coefficient (Wildman–Crippen LogP) is 2.81. The minimum absolute atomic E-state index is 0.206. The van der Waals surface area contributed by atoms with E-state index in [1.54, 1.807) is 37.6 Å². The summed E-state index contributed by atoms with van der Waals surface area (Å²) in [6.45, 7) is 4.00. The highest BCUT2D eigenvalue weighted by Crippen LogP contribution is 2.27. The quantitative estimate of drug-likeness (QED) is 0.851. The molecule has 1 aromatic heterocycles. The maximum Gasteiger partial charge on any atom is 0.165 e. The Morgan fingerprint density at radius 2 is 2.21 bits per heavy atom. The lowest BCUT2D eigenvalue weighted by molar-refractivity contribution is 0.321. The van der Waals surface area contributed by atoms with Gasteiger partial charge in [0.1, 0.15) is 23.3 Å². The van der Waals surface area contributed by atoms with E-state index in [4.69, 9.17) is 10.00 Å². The van der Waals surface area contributed by atoms with Crippen LogP contribution in [0.3, 0.4) is 0 Å². The third-order valence-electron chi connectivity index (χ3n) is 2.93. The molecular weight excluding hydrogens is 245 g/mol. The Labute approximate surface area is 111 Å². The Bertz CT molecular complexity index is 655. The summed E-state index contributed by atoms with van der Waals surface area (Å²) in [5, 5.41) is 9.15. The van der Waals surface area contributed by atoms with E-state index in [0.717, 1.165) is 0 Å². The standard InChI is InChI=1S/C14H14FN3O/c1-4-19-13-6-5-10(7-11(13)15)14-12(8-16)18(3)9(2)17-14/h5-7H,4H2,1-3H3. The van der Waals surface area contributed by atoms with Crippen molar-refractivity contribution in [3.05, 3.63) is 35.5 Å². The topological polar surface area (TPSA) is 50.8 Å². The van der Waals surface area contributed by atoms with E-state index in [9.17, 15) is 4.39 Å². The molecule has 2 aromatic rings. The third kappa shape index (κ3) is 2.29. The second-order valence-corrected chi connectivity index (χ2v) is 4.11. The van der Waals surface area contributed by atoms with Crippen LogP contribution in [-0.4, -0.2) is 16.2 Å². The average Bonchev–Trinajstić information content (AvgIpc) is 2.68. The summed E-state index contributed by atoms with van der Waals surface area (Å²) < 4.78 is 20.7. The number of nitriles is 1. The van der Waals surface area contributed by atoms with Crippen molar-refractivity contribution in [2.75, 3.05) is 6.61 Å². The van der Waals surface area contributed by atoms with Crippen LogP contribution in [0, 0.1) is 24.1 Å². The van der Waals surface area contributed by atoms with Crippen molar-refractivity contribution >= 4 is 0 Å². The van der Waals surface area contributed by atoms with Crippen molar-refractivity contribution in [2.45, 2.75) is 13.8 Å². The molecule has 0 aliphatic rings. The number of rotatable bonds is 3. The van der Waals surface area contributed by atoms with Crippen molar-refractivity contribution in [3.63, 3.8) is 0 Å². The first-order chi connectivity index (χ1) is 9.08. The fraction of sp³-hybridized carbons (Fsp3) is 0.286. The number of hydrogen-bond acceptors (Lipinski definition) is 3. The van der Waals surface area contributed by atoms with E-state index in [-0.39, 0.29) is 5.75 Å². The van der Waals surface area contributed by atoms with Gasteiger partial charge in [0.2, 0.25) is 0 Å². The molecule has 0 saturated heterocycles. The van der Waals surface area contributed by atoms with E-state index >= 15 is 0 Å². The second-order valence-electron chi connectivity index (χ2n) is 4.11. The van der Waals surface area contributed by atoms with Gasteiger partial charge in [-0.2, -0.15) is 5.26 Å². The van der Waals surface area contributed by atoms with Crippen LogP contribution < -0.4 is 4.74 Å². The molecule has 0 fully saturated rings. The molecule has 0 aliphatic heterocycles. The molecule has 4 nitrogen and oxygen atoms in total. The normalized spacial score (nSPS) is 10.3. The molecule has 19 heavy (non-hydrogen) atoms. The van der Waals surface area contributed by atoms with Crippen LogP contribution in [-0.2, 0) is 7.05 Å². The molecule has 0 radical (unpaired) electrons. The molecule has 0 spiro atoms. The fourth-order valence-corrected chi connectivity index (χ4v) is 1.86. The van der Waals surface area contributed by atoms with Gasteiger partial charge in [-0.1, -0.05) is 0 Å². The lowest BCUT2D eigenvalue weighted by atomic mass is 10.1. The summed E-state index contributed by atoms with van der Waals surface area (Å²) >= 11 is 0. The number of ether oxygens (including phenoxy) is 1. The molecule has 0 unspecified atom stereocenters. The lowest BCUT2D eigenvalue weighted by Gasteiger charge is -2.05. The van der Waals surface area contributed by atoms with Gasteiger partial charge >= 0.3 is 0 Å². The molecule has 0 bridgehead atoms. The van der Waals surface area contributed by atoms with Crippen LogP contribution in [0.1, 0.15) is 18.4 Å². The minimum atomic E-state index is -0.452. The van der Waals surface area contributed by atoms with Crippen LogP contribution in [0.4, 0.5) is 4.39 Å². The number of nitrogens with zero attached hydrogens (tertiary/aromatic N) is 3. The van der Waals surface area contributed by atoms with Gasteiger partial charge in [0.05, 0.1) is 6.61 Å². The average molecular weight is 259 g/mol. The first-order valence-corrected chi connectivity index (χ1v) is 5.94. The maximum absolute atomic E-state index is 13.8. The fourth-order valence-electron chi connectivity index (χ4n) is 1.86. The van der Waals surface area contributed by atoms with Crippen molar-refractivity contribution in [2.24, 2.45) is 7.05 Å². The molecule has 1 heterocycles. The van der Waals surface area contributed by atoms with E-state index in [2.05, 4.69) is 11.1 Å². The largest absolute Gasteiger partial charge is 0.491 e. The summed E-state index contributed by atoms with van der Waals surface area (Å²) in [7, 11) is 1.76. The number of aromatic nitrogens is 2. The Balaban J connectivity index is 2.52. The second kappa shape index (κ2) is 5.11. The maximum atomic E-state index is 13.8. The highest BCUT2D eigenvalue weighted by molar-refractivity contribution is 5.66. The van der Waals surface area contributed by atoms with Crippen LogP contribution in [0.5, 0.6) is 5.75 Å². The van der Waals surface area contributed by atoms with Crippen molar-refractivity contribution in [1.82, 2.24) is 9.55 Å². The first-order valence-electron chi connectivity index (χ1n) is 5.94. The number of hydrogen-bond donors (Lipinski definition) is 0. The van der Waals surface area contributed by atoms with Crippen LogP contribution >= 0.6 is 0 Å². The third-order valence-corrected chi connectivity index (χ3v) is 2.93. The van der Waals surface area contributed by atoms with Gasteiger partial charge in [-0.15, -0.1) is 0 Å². The molecular formula is C14H14FN3O. The highest BCUT2D eigenvalue weighted by Gasteiger charge is 2.15. The Hall–Kier alpha value is -2.35. The van der Waals surface area contributed by atoms with E-state index < -0.39 is 5.82 Å². The molecule has 1 aromatic carbocycles. The Morgan fingerprint density at radius 1 is 1.47 bits per heavy atom. The molecule has 5 heteroatoms. The van der Waals surface area contributed by atoms with Gasteiger partial charge in [-0.3, -0.25) is 0 Å². The summed E-state index contributed by atoms with van der Waals surface area (Å²) in [5.74, 6) is 0.463. The Kier molecular flexibility index (Phi) is 3.52. The summed E-state index contributed by atoms with van der Waals surface area (Å²) in [4.78, 5) is 4.30. The molecule has 0 atom stereocenters. The van der Waals surface area contributed by atoms with Gasteiger partial charge < -0.3 is 9.30 Å². The molecule has 0 aliphatic carbocycles. The number of imidazole rings is 1. The number of benzene rings is 1. The summed E-state index contributed by atoms with van der Waals surface area (Å²) in [6, 6.07) is 6.69. The molecule has 98 valence electrons. The summed E-state index contributed by atoms with van der Waals surface area (Å²) in [5.41, 5.74) is 1.48. The smallest absolute Gasteiger partial charge is 0.165 e. The van der Waals surface area contributed by atoms with Crippen molar-refractivity contribution in [3.8, 4) is 23.1 Å². The summed E-state index contributed by atoms with van der Waals surface area (Å²) in [6.07, 6.45) is 0. The van der Waals surface area contributed by atoms with Crippen LogP contribution in [0.25, 0.3) is 11.3 Å². The van der Waals surface area contributed by atoms with Gasteiger partial charge in [-0.05, 0) is 32.0 Å². The van der Waals surface area contributed by atoms with Crippen molar-refractivity contribution < 1.29 is 9.13 Å². The van der Waals surface area contributed by atoms with Gasteiger partial charge in [0.15, 0.2) is 11.6 Å². The lowest BCUT2D eigenvalue weighted by Crippen LogP contribution is -1.96. The molecule has 0 saturated carbocycles. The predicted molar refractivity (Wildman–Crippen MR) is 69.2 cm³/mol.